The van der Waals surface area contributed by atoms with Crippen LogP contribution in [0, 0.1) is 0 Å². The third-order valence-corrected chi connectivity index (χ3v) is 8.30. The maximum absolute atomic E-state index is 5.64. The first kappa shape index (κ1) is 15.5. The summed E-state index contributed by atoms with van der Waals surface area (Å²) >= 11 is -1.32. The van der Waals surface area contributed by atoms with Crippen LogP contribution in [0.25, 0.3) is 0 Å². The molecule has 0 fully saturated rings. The fourth-order valence-electron chi connectivity index (χ4n) is 1.04. The Morgan fingerprint density at radius 3 is 2.42 bits per heavy atom. The first-order valence-corrected chi connectivity index (χ1v) is 9.55. The standard InChI is InChI=1S/C5H12N.C2H5.CH3O.ClH.Sn/c1-3-4-5(2)6;2*1-2;;/h5H,1,3-4,6H2,2H3;1H2,2H3;1H3;1H;/q;;-1;;+2/p-1. The molecule has 2 nitrogen and oxygen atoms in total. The van der Waals surface area contributed by atoms with E-state index in [9.17, 15) is 0 Å². The predicted octanol–water partition coefficient (Wildman–Crippen LogP) is -1.22. The summed E-state index contributed by atoms with van der Waals surface area (Å²) < 4.78 is 8.08. The maximum atomic E-state index is 5.64. The van der Waals surface area contributed by atoms with Crippen molar-refractivity contribution in [2.75, 3.05) is 7.11 Å². The van der Waals surface area contributed by atoms with Crippen molar-refractivity contribution in [1.82, 2.24) is 0 Å². The molecule has 1 unspecified atom stereocenters. The smallest absolute Gasteiger partial charge is 1.00 e. The van der Waals surface area contributed by atoms with Gasteiger partial charge < -0.3 is 12.4 Å². The summed E-state index contributed by atoms with van der Waals surface area (Å²) in [7, 11) is 1.87. The second kappa shape index (κ2) is 10.1. The fraction of sp³-hybridized carbons (Fsp3) is 1.00. The molecular formula is C8H20ClNOSn. The largest absolute Gasteiger partial charge is 1.00 e. The Kier molecular flexibility index (Phi) is 13.0. The van der Waals surface area contributed by atoms with Crippen LogP contribution >= 0.6 is 0 Å². The molecular weight excluding hydrogens is 280 g/mol. The molecule has 0 aromatic heterocycles. The van der Waals surface area contributed by atoms with Gasteiger partial charge in [0.15, 0.2) is 0 Å². The number of nitrogens with two attached hydrogens (primary N) is 1. The fourth-order valence-corrected chi connectivity index (χ4v) is 5.17. The Balaban J connectivity index is 0. The van der Waals surface area contributed by atoms with Crippen LogP contribution < -0.4 is 18.1 Å². The predicted molar refractivity (Wildman–Crippen MR) is 50.9 cm³/mol. The van der Waals surface area contributed by atoms with Crippen molar-refractivity contribution in [2.45, 2.75) is 41.6 Å². The van der Waals surface area contributed by atoms with Crippen LogP contribution in [0.5, 0.6) is 0 Å². The first-order chi connectivity index (χ1) is 5.20. The van der Waals surface area contributed by atoms with Crippen molar-refractivity contribution < 1.29 is 15.5 Å². The molecule has 0 saturated heterocycles. The maximum Gasteiger partial charge on any atom is -1.00 e. The molecule has 74 valence electrons. The van der Waals surface area contributed by atoms with Crippen LogP contribution in [0.15, 0.2) is 0 Å². The Morgan fingerprint density at radius 2 is 2.08 bits per heavy atom. The molecule has 0 heterocycles. The third-order valence-electron chi connectivity index (χ3n) is 1.80. The molecule has 0 amide bonds. The summed E-state index contributed by atoms with van der Waals surface area (Å²) in [6.07, 6.45) is 2.43. The Morgan fingerprint density at radius 1 is 1.50 bits per heavy atom. The van der Waals surface area contributed by atoms with Gasteiger partial charge in [-0.05, 0) is 0 Å². The summed E-state index contributed by atoms with van der Waals surface area (Å²) in [5.41, 5.74) is 5.64. The number of hydrogen-bond donors (Lipinski definition) is 1. The van der Waals surface area contributed by atoms with Crippen LogP contribution in [0.4, 0.5) is 0 Å². The van der Waals surface area contributed by atoms with Crippen LogP contribution in [0.2, 0.25) is 8.87 Å². The van der Waals surface area contributed by atoms with Crippen LogP contribution in [-0.4, -0.2) is 33.3 Å². The van der Waals surface area contributed by atoms with Gasteiger partial charge in [0.05, 0.1) is 0 Å². The van der Waals surface area contributed by atoms with Gasteiger partial charge in [0.25, 0.3) is 0 Å². The topological polar surface area (TPSA) is 35.2 Å². The van der Waals surface area contributed by atoms with Gasteiger partial charge in [-0.25, -0.2) is 0 Å². The van der Waals surface area contributed by atoms with E-state index in [-0.39, 0.29) is 12.4 Å². The summed E-state index contributed by atoms with van der Waals surface area (Å²) in [6.45, 7) is 4.31. The van der Waals surface area contributed by atoms with Gasteiger partial charge in [-0.15, -0.1) is 0 Å². The summed E-state index contributed by atoms with van der Waals surface area (Å²) in [4.78, 5) is 0. The van der Waals surface area contributed by atoms with E-state index in [2.05, 4.69) is 13.8 Å². The van der Waals surface area contributed by atoms with E-state index in [1.54, 1.807) is 0 Å². The Labute approximate surface area is 89.9 Å². The molecule has 0 rings (SSSR count). The molecule has 0 aromatic carbocycles. The average molecular weight is 300 g/mol. The molecule has 0 saturated carbocycles. The number of halogens is 1. The number of rotatable bonds is 6. The molecule has 0 bridgehead atoms. The van der Waals surface area contributed by atoms with Gasteiger partial charge in [0.2, 0.25) is 0 Å². The molecule has 12 heavy (non-hydrogen) atoms. The van der Waals surface area contributed by atoms with Gasteiger partial charge >= 0.3 is 77.7 Å². The van der Waals surface area contributed by atoms with E-state index >= 15 is 0 Å². The van der Waals surface area contributed by atoms with Crippen molar-refractivity contribution >= 4 is 20.2 Å². The zero-order valence-corrected chi connectivity index (χ0v) is 11.9. The minimum Gasteiger partial charge on any atom is -1.00 e. The first-order valence-electron chi connectivity index (χ1n) is 4.35. The summed E-state index contributed by atoms with van der Waals surface area (Å²) in [6, 6.07) is 0.369. The monoisotopic (exact) mass is 301 g/mol. The van der Waals surface area contributed by atoms with Crippen molar-refractivity contribution in [3.8, 4) is 0 Å². The molecule has 2 N–H and O–H groups in total. The van der Waals surface area contributed by atoms with Crippen molar-refractivity contribution in [2.24, 2.45) is 5.73 Å². The zero-order chi connectivity index (χ0) is 8.69. The van der Waals surface area contributed by atoms with Crippen molar-refractivity contribution in [3.05, 3.63) is 0 Å². The second-order valence-electron chi connectivity index (χ2n) is 2.97. The molecule has 4 heteroatoms. The van der Waals surface area contributed by atoms with E-state index in [1.807, 2.05) is 7.11 Å². The molecule has 0 aliphatic rings. The van der Waals surface area contributed by atoms with Gasteiger partial charge in [-0.3, -0.25) is 0 Å². The van der Waals surface area contributed by atoms with E-state index < -0.39 is 20.2 Å². The van der Waals surface area contributed by atoms with Gasteiger partial charge in [0, 0.05) is 0 Å². The molecule has 0 aliphatic heterocycles. The Bertz CT molecular complexity index is 89.1. The van der Waals surface area contributed by atoms with Gasteiger partial charge in [-0.1, -0.05) is 0 Å². The van der Waals surface area contributed by atoms with Crippen molar-refractivity contribution in [3.63, 3.8) is 0 Å². The molecule has 1 atom stereocenters. The Hall–Kier alpha value is 1.01. The van der Waals surface area contributed by atoms with Crippen LogP contribution in [0.3, 0.4) is 0 Å². The summed E-state index contributed by atoms with van der Waals surface area (Å²) in [5, 5.41) is 0. The molecule has 0 aliphatic carbocycles. The van der Waals surface area contributed by atoms with Crippen molar-refractivity contribution in [1.29, 1.82) is 0 Å². The van der Waals surface area contributed by atoms with Gasteiger partial charge in [-0.2, -0.15) is 0 Å². The van der Waals surface area contributed by atoms with Gasteiger partial charge in [0.1, 0.15) is 0 Å². The third kappa shape index (κ3) is 9.10. The minimum atomic E-state index is -1.32. The normalized spacial score (nSPS) is 12.0. The second-order valence-corrected chi connectivity index (χ2v) is 10.7. The quantitative estimate of drug-likeness (QED) is 0.624. The van der Waals surface area contributed by atoms with E-state index in [0.717, 1.165) is 6.42 Å². The SMILES string of the molecule is C[CH2][Sn+]([CH2]CCC(C)N)[O]C.[Cl-]. The zero-order valence-electron chi connectivity index (χ0n) is 8.27. The van der Waals surface area contributed by atoms with E-state index in [1.165, 1.54) is 15.3 Å². The molecule has 0 aromatic rings. The van der Waals surface area contributed by atoms with E-state index in [0.29, 0.717) is 6.04 Å². The number of hydrogen-bond acceptors (Lipinski definition) is 2. The molecule has 0 radical (unpaired) electrons. The van der Waals surface area contributed by atoms with Crippen LogP contribution in [0.1, 0.15) is 26.7 Å². The average Bonchev–Trinajstić information content (AvgIpc) is 1.98. The van der Waals surface area contributed by atoms with Crippen LogP contribution in [-0.2, 0) is 3.07 Å². The van der Waals surface area contributed by atoms with E-state index in [4.69, 9.17) is 8.81 Å². The minimum absolute atomic E-state index is 0. The summed E-state index contributed by atoms with van der Waals surface area (Å²) in [5.74, 6) is 0. The molecule has 0 spiro atoms.